The zero-order chi connectivity index (χ0) is 19.9. The predicted molar refractivity (Wildman–Crippen MR) is 104 cm³/mol. The predicted octanol–water partition coefficient (Wildman–Crippen LogP) is 1.79. The van der Waals surface area contributed by atoms with E-state index in [0.29, 0.717) is 29.9 Å². The maximum absolute atomic E-state index is 12.4. The average molecular weight is 379 g/mol. The van der Waals surface area contributed by atoms with Crippen LogP contribution in [0.15, 0.2) is 62.8 Å². The van der Waals surface area contributed by atoms with Gasteiger partial charge in [0.1, 0.15) is 11.3 Å². The normalized spacial score (nSPS) is 10.6. The molecule has 0 aliphatic heterocycles. The van der Waals surface area contributed by atoms with Crippen LogP contribution in [0.25, 0.3) is 0 Å². The highest BCUT2D eigenvalue weighted by Crippen LogP contribution is 2.10. The minimum atomic E-state index is -0.644. The van der Waals surface area contributed by atoms with E-state index in [1.165, 1.54) is 12.4 Å². The summed E-state index contributed by atoms with van der Waals surface area (Å²) in [5, 5.41) is 2.67. The van der Waals surface area contributed by atoms with Crippen molar-refractivity contribution in [1.29, 1.82) is 0 Å². The number of amides is 1. The van der Waals surface area contributed by atoms with E-state index in [4.69, 9.17) is 4.42 Å². The Hall–Kier alpha value is -3.48. The van der Waals surface area contributed by atoms with Gasteiger partial charge in [-0.05, 0) is 30.5 Å². The monoisotopic (exact) mass is 379 g/mol. The van der Waals surface area contributed by atoms with Crippen molar-refractivity contribution in [3.8, 4) is 0 Å². The lowest BCUT2D eigenvalue weighted by Gasteiger charge is -2.08. The SMILES string of the molecule is Cc1cc(CCc2ccccc2)oc(=O)c1C(=O)NCCc1cc(=O)[nH]cn1. The van der Waals surface area contributed by atoms with E-state index in [1.807, 2.05) is 30.3 Å². The molecule has 0 aliphatic rings. The second-order valence-electron chi connectivity index (χ2n) is 6.45. The van der Waals surface area contributed by atoms with Crippen molar-refractivity contribution in [2.75, 3.05) is 6.54 Å². The Morgan fingerprint density at radius 1 is 1.11 bits per heavy atom. The van der Waals surface area contributed by atoms with E-state index in [9.17, 15) is 14.4 Å². The molecule has 2 heterocycles. The third-order valence-electron chi connectivity index (χ3n) is 4.33. The van der Waals surface area contributed by atoms with Crippen LogP contribution in [0, 0.1) is 6.92 Å². The molecule has 1 aromatic carbocycles. The number of rotatable bonds is 7. The molecule has 7 nitrogen and oxygen atoms in total. The largest absolute Gasteiger partial charge is 0.427 e. The Bertz CT molecular complexity index is 1070. The minimum Gasteiger partial charge on any atom is -0.427 e. The van der Waals surface area contributed by atoms with Crippen LogP contribution in [0.1, 0.15) is 32.9 Å². The number of nitrogens with one attached hydrogen (secondary N) is 2. The molecule has 0 bridgehead atoms. The smallest absolute Gasteiger partial charge is 0.349 e. The number of hydrogen-bond acceptors (Lipinski definition) is 5. The molecule has 3 aromatic rings. The van der Waals surface area contributed by atoms with Crippen molar-refractivity contribution in [1.82, 2.24) is 15.3 Å². The van der Waals surface area contributed by atoms with Crippen LogP contribution in [0.3, 0.4) is 0 Å². The number of nitrogens with zero attached hydrogens (tertiary/aromatic N) is 1. The van der Waals surface area contributed by atoms with E-state index in [-0.39, 0.29) is 17.7 Å². The summed E-state index contributed by atoms with van der Waals surface area (Å²) in [7, 11) is 0. The van der Waals surface area contributed by atoms with Gasteiger partial charge in [-0.25, -0.2) is 9.78 Å². The van der Waals surface area contributed by atoms with Gasteiger partial charge >= 0.3 is 5.63 Å². The fraction of sp³-hybridized carbons (Fsp3) is 0.238. The number of aromatic nitrogens is 2. The van der Waals surface area contributed by atoms with Gasteiger partial charge in [-0.3, -0.25) is 9.59 Å². The minimum absolute atomic E-state index is 0.00216. The molecule has 2 aromatic heterocycles. The van der Waals surface area contributed by atoms with Crippen LogP contribution >= 0.6 is 0 Å². The van der Waals surface area contributed by atoms with Crippen LogP contribution in [-0.2, 0) is 19.3 Å². The first-order valence-corrected chi connectivity index (χ1v) is 9.02. The van der Waals surface area contributed by atoms with Gasteiger partial charge in [0.15, 0.2) is 0 Å². The zero-order valence-corrected chi connectivity index (χ0v) is 15.5. The van der Waals surface area contributed by atoms with Gasteiger partial charge in [0, 0.05) is 31.1 Å². The number of benzene rings is 1. The van der Waals surface area contributed by atoms with Crippen LogP contribution in [0.2, 0.25) is 0 Å². The van der Waals surface area contributed by atoms with E-state index >= 15 is 0 Å². The molecule has 2 N–H and O–H groups in total. The first-order valence-electron chi connectivity index (χ1n) is 9.02. The van der Waals surface area contributed by atoms with Gasteiger partial charge in [0.2, 0.25) is 0 Å². The molecule has 0 spiro atoms. The Labute approximate surface area is 161 Å². The molecule has 0 atom stereocenters. The van der Waals surface area contributed by atoms with Crippen molar-refractivity contribution in [3.63, 3.8) is 0 Å². The lowest BCUT2D eigenvalue weighted by Crippen LogP contribution is -2.31. The summed E-state index contributed by atoms with van der Waals surface area (Å²) in [5.74, 6) is 0.0568. The summed E-state index contributed by atoms with van der Waals surface area (Å²) in [4.78, 5) is 42.4. The molecule has 0 saturated heterocycles. The lowest BCUT2D eigenvalue weighted by molar-refractivity contribution is 0.0949. The van der Waals surface area contributed by atoms with Crippen molar-refractivity contribution in [2.45, 2.75) is 26.2 Å². The van der Waals surface area contributed by atoms with E-state index in [0.717, 1.165) is 12.0 Å². The first kappa shape index (κ1) is 19.3. The fourth-order valence-corrected chi connectivity index (χ4v) is 2.92. The highest BCUT2D eigenvalue weighted by Gasteiger charge is 2.16. The van der Waals surface area contributed by atoms with Crippen molar-refractivity contribution < 1.29 is 9.21 Å². The van der Waals surface area contributed by atoms with Crippen molar-refractivity contribution in [2.24, 2.45) is 0 Å². The van der Waals surface area contributed by atoms with Crippen molar-refractivity contribution in [3.05, 3.63) is 97.7 Å². The molecule has 28 heavy (non-hydrogen) atoms. The maximum atomic E-state index is 12.4. The second-order valence-corrected chi connectivity index (χ2v) is 6.45. The van der Waals surface area contributed by atoms with Crippen LogP contribution in [0.5, 0.6) is 0 Å². The molecule has 0 fully saturated rings. The highest BCUT2D eigenvalue weighted by molar-refractivity contribution is 5.95. The number of hydrogen-bond donors (Lipinski definition) is 2. The summed E-state index contributed by atoms with van der Waals surface area (Å²) in [6, 6.07) is 13.0. The van der Waals surface area contributed by atoms with Gasteiger partial charge in [-0.1, -0.05) is 30.3 Å². The van der Waals surface area contributed by atoms with E-state index in [1.54, 1.807) is 13.0 Å². The molecule has 0 radical (unpaired) electrons. The molecule has 0 saturated carbocycles. The molecule has 7 heteroatoms. The quantitative estimate of drug-likeness (QED) is 0.651. The second kappa shape index (κ2) is 8.94. The van der Waals surface area contributed by atoms with Gasteiger partial charge in [-0.15, -0.1) is 0 Å². The summed E-state index contributed by atoms with van der Waals surface area (Å²) in [5.41, 5.74) is 1.39. The Balaban J connectivity index is 1.62. The third kappa shape index (κ3) is 5.03. The molecule has 0 unspecified atom stereocenters. The van der Waals surface area contributed by atoms with Gasteiger partial charge in [0.25, 0.3) is 11.5 Å². The number of aryl methyl sites for hydroxylation is 3. The van der Waals surface area contributed by atoms with Crippen LogP contribution < -0.4 is 16.5 Å². The zero-order valence-electron chi connectivity index (χ0n) is 15.5. The van der Waals surface area contributed by atoms with Crippen LogP contribution in [-0.4, -0.2) is 22.4 Å². The Morgan fingerprint density at radius 3 is 2.61 bits per heavy atom. The number of carbonyl (C=O) groups is 1. The summed E-state index contributed by atoms with van der Waals surface area (Å²) < 4.78 is 5.34. The number of carbonyl (C=O) groups excluding carboxylic acids is 1. The first-order chi connectivity index (χ1) is 13.5. The highest BCUT2D eigenvalue weighted by atomic mass is 16.4. The molecule has 0 aliphatic carbocycles. The molecular weight excluding hydrogens is 358 g/mol. The topological polar surface area (TPSA) is 105 Å². The van der Waals surface area contributed by atoms with Gasteiger partial charge < -0.3 is 14.7 Å². The molecular formula is C21H21N3O4. The maximum Gasteiger partial charge on any atom is 0.349 e. The van der Waals surface area contributed by atoms with Crippen molar-refractivity contribution >= 4 is 5.91 Å². The average Bonchev–Trinajstić information content (AvgIpc) is 2.67. The summed E-state index contributed by atoms with van der Waals surface area (Å²) >= 11 is 0. The standard InChI is InChI=1S/C21H21N3O4/c1-14-11-17(8-7-15-5-3-2-4-6-15)28-21(27)19(14)20(26)22-10-9-16-12-18(25)24-13-23-16/h2-6,11-13H,7-10H2,1H3,(H,22,26)(H,23,24,25). The van der Waals surface area contributed by atoms with Crippen LogP contribution in [0.4, 0.5) is 0 Å². The lowest BCUT2D eigenvalue weighted by atomic mass is 10.1. The van der Waals surface area contributed by atoms with E-state index < -0.39 is 11.5 Å². The van der Waals surface area contributed by atoms with Gasteiger partial charge in [-0.2, -0.15) is 0 Å². The molecule has 3 rings (SSSR count). The summed E-state index contributed by atoms with van der Waals surface area (Å²) in [6.45, 7) is 1.97. The summed E-state index contributed by atoms with van der Waals surface area (Å²) in [6.07, 6.45) is 3.02. The number of H-pyrrole nitrogens is 1. The fourth-order valence-electron chi connectivity index (χ4n) is 2.92. The van der Waals surface area contributed by atoms with E-state index in [2.05, 4.69) is 15.3 Å². The molecule has 1 amide bonds. The Morgan fingerprint density at radius 2 is 1.89 bits per heavy atom. The molecule has 144 valence electrons. The van der Waals surface area contributed by atoms with Gasteiger partial charge in [0.05, 0.1) is 6.33 Å². The number of aromatic amines is 1. The third-order valence-corrected chi connectivity index (χ3v) is 4.33. The Kier molecular flexibility index (Phi) is 6.16.